The zero-order chi connectivity index (χ0) is 16.5. The maximum Gasteiger partial charge on any atom is 0.245 e. The molecule has 0 radical (unpaired) electrons. The average Bonchev–Trinajstić information content (AvgIpc) is 3.31. The molecule has 2 fully saturated rings. The van der Waals surface area contributed by atoms with E-state index in [0.717, 1.165) is 23.7 Å². The van der Waals surface area contributed by atoms with E-state index in [1.165, 1.54) is 0 Å². The maximum atomic E-state index is 12.7. The Labute approximate surface area is 140 Å². The van der Waals surface area contributed by atoms with Crippen LogP contribution in [0.1, 0.15) is 12.8 Å². The summed E-state index contributed by atoms with van der Waals surface area (Å²) in [6.45, 7) is 1.91. The Balaban J connectivity index is 1.47. The molecule has 0 spiro atoms. The highest BCUT2D eigenvalue weighted by molar-refractivity contribution is 5.88. The molecule has 1 aliphatic heterocycles. The van der Waals surface area contributed by atoms with Gasteiger partial charge in [-0.25, -0.2) is 0 Å². The second-order valence-electron chi connectivity index (χ2n) is 6.48. The maximum absolute atomic E-state index is 12.7. The Kier molecular flexibility index (Phi) is 3.93. The molecule has 0 bridgehead atoms. The van der Waals surface area contributed by atoms with Crippen LogP contribution >= 0.6 is 0 Å². The van der Waals surface area contributed by atoms with Gasteiger partial charge in [-0.05, 0) is 18.9 Å². The molecule has 2 heterocycles. The molecule has 1 aliphatic carbocycles. The van der Waals surface area contributed by atoms with Crippen molar-refractivity contribution in [3.63, 3.8) is 0 Å². The number of carbonyl (C=O) groups excluding carboxylic acids is 2. The van der Waals surface area contributed by atoms with Gasteiger partial charge in [0.15, 0.2) is 0 Å². The number of nitrogens with zero attached hydrogens (tertiary/aromatic N) is 3. The van der Waals surface area contributed by atoms with Gasteiger partial charge < -0.3 is 15.5 Å². The molecule has 24 heavy (non-hydrogen) atoms. The molecule has 2 aliphatic rings. The summed E-state index contributed by atoms with van der Waals surface area (Å²) < 4.78 is 1.66. The highest BCUT2D eigenvalue weighted by atomic mass is 16.2. The lowest BCUT2D eigenvalue weighted by Gasteiger charge is -2.35. The first-order valence-corrected chi connectivity index (χ1v) is 8.43. The van der Waals surface area contributed by atoms with Crippen LogP contribution in [-0.2, 0) is 16.1 Å². The molecule has 7 nitrogen and oxygen atoms in total. The van der Waals surface area contributed by atoms with Gasteiger partial charge in [0.05, 0.1) is 5.52 Å². The standard InChI is InChI=1S/C17H21N5O2/c23-16(11-21-10-12-3-1-2-4-14(12)20-21)22-8-7-18-9-15(22)17(24)19-13-5-6-13/h1-4,10,13,15,18H,5-9,11H2,(H,19,24)/t15-/m1/s1. The van der Waals surface area contributed by atoms with Crippen LogP contribution in [-0.4, -0.2) is 58.2 Å². The number of amides is 2. The SMILES string of the molecule is O=C(NC1CC1)[C@H]1CNCCN1C(=O)Cn1cc2ccccc2n1. The lowest BCUT2D eigenvalue weighted by Crippen LogP contribution is -2.60. The number of hydrogen-bond acceptors (Lipinski definition) is 4. The number of benzene rings is 1. The van der Waals surface area contributed by atoms with Gasteiger partial charge in [-0.15, -0.1) is 0 Å². The normalized spacial score (nSPS) is 21.0. The highest BCUT2D eigenvalue weighted by Gasteiger charge is 2.34. The van der Waals surface area contributed by atoms with E-state index < -0.39 is 6.04 Å². The van der Waals surface area contributed by atoms with Crippen molar-refractivity contribution < 1.29 is 9.59 Å². The van der Waals surface area contributed by atoms with Gasteiger partial charge in [0.25, 0.3) is 0 Å². The Morgan fingerprint density at radius 2 is 2.12 bits per heavy atom. The fourth-order valence-corrected chi connectivity index (χ4v) is 3.09. The number of rotatable bonds is 4. The van der Waals surface area contributed by atoms with Crippen molar-refractivity contribution in [2.45, 2.75) is 31.5 Å². The van der Waals surface area contributed by atoms with Crippen molar-refractivity contribution in [2.75, 3.05) is 19.6 Å². The van der Waals surface area contributed by atoms with E-state index in [1.807, 2.05) is 30.5 Å². The van der Waals surface area contributed by atoms with Crippen LogP contribution in [0.3, 0.4) is 0 Å². The molecule has 1 atom stereocenters. The Morgan fingerprint density at radius 3 is 2.92 bits per heavy atom. The third-order valence-corrected chi connectivity index (χ3v) is 4.55. The third kappa shape index (κ3) is 3.12. The molecule has 0 unspecified atom stereocenters. The van der Waals surface area contributed by atoms with Crippen LogP contribution in [0.4, 0.5) is 0 Å². The molecule has 126 valence electrons. The summed E-state index contributed by atoms with van der Waals surface area (Å²) in [5.74, 6) is -0.121. The first kappa shape index (κ1) is 15.1. The highest BCUT2D eigenvalue weighted by Crippen LogP contribution is 2.19. The van der Waals surface area contributed by atoms with Gasteiger partial charge >= 0.3 is 0 Å². The van der Waals surface area contributed by atoms with Gasteiger partial charge in [-0.1, -0.05) is 18.2 Å². The molecule has 2 N–H and O–H groups in total. The number of fused-ring (bicyclic) bond motifs is 1. The molecule has 1 saturated heterocycles. The first-order valence-electron chi connectivity index (χ1n) is 8.43. The average molecular weight is 327 g/mol. The summed E-state index contributed by atoms with van der Waals surface area (Å²) in [5.41, 5.74) is 0.869. The Morgan fingerprint density at radius 1 is 1.29 bits per heavy atom. The third-order valence-electron chi connectivity index (χ3n) is 4.55. The lowest BCUT2D eigenvalue weighted by atomic mass is 10.1. The van der Waals surface area contributed by atoms with E-state index in [4.69, 9.17) is 0 Å². The van der Waals surface area contributed by atoms with E-state index in [9.17, 15) is 9.59 Å². The Bertz CT molecular complexity index is 734. The summed E-state index contributed by atoms with van der Waals surface area (Å²) in [7, 11) is 0. The van der Waals surface area contributed by atoms with Crippen molar-refractivity contribution >= 4 is 22.7 Å². The van der Waals surface area contributed by atoms with Crippen LogP contribution < -0.4 is 10.6 Å². The second kappa shape index (κ2) is 6.24. The van der Waals surface area contributed by atoms with Gasteiger partial charge in [0, 0.05) is 37.3 Å². The predicted molar refractivity (Wildman–Crippen MR) is 89.3 cm³/mol. The number of hydrogen-bond donors (Lipinski definition) is 2. The largest absolute Gasteiger partial charge is 0.352 e. The van der Waals surface area contributed by atoms with Crippen LogP contribution in [0.25, 0.3) is 10.9 Å². The molecule has 2 amide bonds. The van der Waals surface area contributed by atoms with E-state index in [1.54, 1.807) is 9.58 Å². The smallest absolute Gasteiger partial charge is 0.245 e. The van der Waals surface area contributed by atoms with Crippen molar-refractivity contribution in [3.05, 3.63) is 30.5 Å². The minimum Gasteiger partial charge on any atom is -0.352 e. The number of carbonyl (C=O) groups is 2. The second-order valence-corrected chi connectivity index (χ2v) is 6.48. The van der Waals surface area contributed by atoms with Crippen LogP contribution in [0.15, 0.2) is 30.5 Å². The monoisotopic (exact) mass is 327 g/mol. The fourth-order valence-electron chi connectivity index (χ4n) is 3.09. The summed E-state index contributed by atoms with van der Waals surface area (Å²) >= 11 is 0. The van der Waals surface area contributed by atoms with E-state index >= 15 is 0 Å². The molecule has 1 aromatic carbocycles. The van der Waals surface area contributed by atoms with Crippen LogP contribution in [0.5, 0.6) is 0 Å². The van der Waals surface area contributed by atoms with Crippen molar-refractivity contribution in [1.82, 2.24) is 25.3 Å². The molecule has 4 rings (SSSR count). The molecule has 7 heteroatoms. The summed E-state index contributed by atoms with van der Waals surface area (Å²) in [6, 6.07) is 7.64. The van der Waals surface area contributed by atoms with Crippen LogP contribution in [0, 0.1) is 0 Å². The quantitative estimate of drug-likeness (QED) is 0.836. The molecular formula is C17H21N5O2. The molecule has 2 aromatic rings. The summed E-state index contributed by atoms with van der Waals surface area (Å²) in [5, 5.41) is 11.6. The van der Waals surface area contributed by atoms with Crippen molar-refractivity contribution in [1.29, 1.82) is 0 Å². The lowest BCUT2D eigenvalue weighted by molar-refractivity contribution is -0.142. The van der Waals surface area contributed by atoms with Crippen molar-refractivity contribution in [2.24, 2.45) is 0 Å². The topological polar surface area (TPSA) is 79.3 Å². The zero-order valence-electron chi connectivity index (χ0n) is 13.4. The summed E-state index contributed by atoms with van der Waals surface area (Å²) in [6.07, 6.45) is 3.95. The van der Waals surface area contributed by atoms with Gasteiger partial charge in [-0.3, -0.25) is 14.3 Å². The molecule has 1 saturated carbocycles. The number of aromatic nitrogens is 2. The van der Waals surface area contributed by atoms with Crippen molar-refractivity contribution in [3.8, 4) is 0 Å². The molecule has 1 aromatic heterocycles. The first-order chi connectivity index (χ1) is 11.7. The minimum absolute atomic E-state index is 0.0522. The van der Waals surface area contributed by atoms with Gasteiger partial charge in [0.2, 0.25) is 11.8 Å². The number of piperazine rings is 1. The zero-order valence-corrected chi connectivity index (χ0v) is 13.4. The van der Waals surface area contributed by atoms with E-state index in [2.05, 4.69) is 15.7 Å². The molecular weight excluding hydrogens is 306 g/mol. The van der Waals surface area contributed by atoms with Crippen LogP contribution in [0.2, 0.25) is 0 Å². The Hall–Kier alpha value is -2.41. The predicted octanol–water partition coefficient (Wildman–Crippen LogP) is 0.115. The summed E-state index contributed by atoms with van der Waals surface area (Å²) in [4.78, 5) is 26.8. The van der Waals surface area contributed by atoms with E-state index in [-0.39, 0.29) is 18.4 Å². The van der Waals surface area contributed by atoms with Gasteiger partial charge in [-0.2, -0.15) is 5.10 Å². The minimum atomic E-state index is -0.433. The number of nitrogens with one attached hydrogen (secondary N) is 2. The fraction of sp³-hybridized carbons (Fsp3) is 0.471. The van der Waals surface area contributed by atoms with E-state index in [0.29, 0.717) is 25.7 Å². The van der Waals surface area contributed by atoms with Gasteiger partial charge in [0.1, 0.15) is 12.6 Å².